The van der Waals surface area contributed by atoms with E-state index in [0.717, 1.165) is 18.6 Å². The molecule has 0 spiro atoms. The first-order valence-corrected chi connectivity index (χ1v) is 7.33. The van der Waals surface area contributed by atoms with E-state index in [1.165, 1.54) is 22.3 Å². The van der Waals surface area contributed by atoms with Crippen LogP contribution in [-0.4, -0.2) is 7.11 Å². The van der Waals surface area contributed by atoms with Crippen LogP contribution in [-0.2, 0) is 16.3 Å². The number of hydrogen-bond donors (Lipinski definition) is 0. The van der Waals surface area contributed by atoms with E-state index in [2.05, 4.69) is 63.3 Å². The van der Waals surface area contributed by atoms with Gasteiger partial charge in [-0.05, 0) is 55.9 Å². The summed E-state index contributed by atoms with van der Waals surface area (Å²) in [5.41, 5.74) is 5.56. The zero-order chi connectivity index (χ0) is 13.2. The molecule has 0 saturated carbocycles. The van der Waals surface area contributed by atoms with E-state index in [1.54, 1.807) is 7.11 Å². The average molecular weight is 346 g/mol. The van der Waals surface area contributed by atoms with Crippen LogP contribution in [0, 0.1) is 6.92 Å². The molecule has 0 N–H and O–H groups in total. The maximum Gasteiger partial charge on any atom is 0.125 e. The monoisotopic (exact) mass is 346 g/mol. The van der Waals surface area contributed by atoms with Gasteiger partial charge in [-0.2, -0.15) is 0 Å². The second-order valence-corrected chi connectivity index (χ2v) is 7.61. The zero-order valence-corrected chi connectivity index (χ0v) is 13.9. The van der Waals surface area contributed by atoms with Crippen LogP contribution in [0.4, 0.5) is 0 Å². The zero-order valence-electron chi connectivity index (χ0n) is 11.8. The fourth-order valence-electron chi connectivity index (χ4n) is 2.50. The fourth-order valence-corrected chi connectivity index (χ4v) is 2.98. The second-order valence-electron chi connectivity index (χ2n) is 4.91. The van der Waals surface area contributed by atoms with Crippen LogP contribution in [0.5, 0.6) is 5.75 Å². The van der Waals surface area contributed by atoms with Crippen molar-refractivity contribution in [3.8, 4) is 5.75 Å². The van der Waals surface area contributed by atoms with Crippen molar-refractivity contribution in [2.75, 3.05) is 7.11 Å². The van der Waals surface area contributed by atoms with Crippen molar-refractivity contribution in [3.63, 3.8) is 0 Å². The van der Waals surface area contributed by atoms with E-state index in [0.29, 0.717) is 0 Å². The van der Waals surface area contributed by atoms with Gasteiger partial charge in [-0.15, -0.1) is 0 Å². The smallest absolute Gasteiger partial charge is 0.125 e. The maximum absolute atomic E-state index is 5.57. The van der Waals surface area contributed by atoms with Crippen LogP contribution in [0.25, 0.3) is 0 Å². The number of benzene rings is 1. The molecule has 0 amide bonds. The van der Waals surface area contributed by atoms with Gasteiger partial charge in [0, 0.05) is 3.42 Å². The molecule has 0 atom stereocenters. The van der Waals surface area contributed by atoms with Crippen molar-refractivity contribution in [1.29, 1.82) is 0 Å². The average Bonchev–Trinajstić information content (AvgIpc) is 2.26. The molecule has 0 aromatic heterocycles. The highest BCUT2D eigenvalue weighted by Gasteiger charge is 2.23. The van der Waals surface area contributed by atoms with Gasteiger partial charge in [-0.1, -0.05) is 42.5 Å². The number of rotatable bonds is 4. The number of ether oxygens (including phenoxy) is 1. The molecule has 0 unspecified atom stereocenters. The number of hydrogen-bond acceptors (Lipinski definition) is 1. The predicted octanol–water partition coefficient (Wildman–Crippen LogP) is 4.80. The van der Waals surface area contributed by atoms with Gasteiger partial charge in [-0.25, -0.2) is 0 Å². The van der Waals surface area contributed by atoms with Crippen molar-refractivity contribution in [2.24, 2.45) is 0 Å². The third-order valence-electron chi connectivity index (χ3n) is 3.23. The minimum atomic E-state index is 0.171. The van der Waals surface area contributed by atoms with Crippen molar-refractivity contribution in [1.82, 2.24) is 0 Å². The van der Waals surface area contributed by atoms with E-state index >= 15 is 0 Å². The Kier molecular flexibility index (Phi) is 4.87. The number of aryl methyl sites for hydroxylation is 1. The van der Waals surface area contributed by atoms with Crippen molar-refractivity contribution in [3.05, 3.63) is 28.3 Å². The Morgan fingerprint density at radius 2 is 1.71 bits per heavy atom. The number of methoxy groups -OCH3 is 1. The predicted molar refractivity (Wildman–Crippen MR) is 83.5 cm³/mol. The van der Waals surface area contributed by atoms with Gasteiger partial charge in [0.15, 0.2) is 0 Å². The van der Waals surface area contributed by atoms with E-state index < -0.39 is 0 Å². The summed E-state index contributed by atoms with van der Waals surface area (Å²) in [7, 11) is 1.77. The Morgan fingerprint density at radius 1 is 1.18 bits per heavy atom. The van der Waals surface area contributed by atoms with Gasteiger partial charge in [0.2, 0.25) is 0 Å². The van der Waals surface area contributed by atoms with Crippen LogP contribution in [0.3, 0.4) is 0 Å². The molecule has 0 saturated heterocycles. The summed E-state index contributed by atoms with van der Waals surface area (Å²) in [6.07, 6.45) is 2.11. The lowest BCUT2D eigenvalue weighted by molar-refractivity contribution is 0.406. The summed E-state index contributed by atoms with van der Waals surface area (Å²) in [6.45, 7) is 11.1. The standard InChI is InChI=1S/C15H23IO/c1-7-11-12(8-2)14(17-6)10(3)9-13(11)15(4,5)16/h9H,7-8H2,1-6H3. The lowest BCUT2D eigenvalue weighted by Crippen LogP contribution is -2.13. The summed E-state index contributed by atoms with van der Waals surface area (Å²) in [5, 5.41) is 0. The van der Waals surface area contributed by atoms with E-state index in [1.807, 2.05) is 0 Å². The molecule has 0 aliphatic rings. The molecule has 17 heavy (non-hydrogen) atoms. The first-order valence-electron chi connectivity index (χ1n) is 6.25. The second kappa shape index (κ2) is 5.59. The van der Waals surface area contributed by atoms with Crippen molar-refractivity contribution >= 4 is 22.6 Å². The van der Waals surface area contributed by atoms with E-state index in [9.17, 15) is 0 Å². The fraction of sp³-hybridized carbons (Fsp3) is 0.600. The molecular weight excluding hydrogens is 323 g/mol. The molecule has 0 fully saturated rings. The van der Waals surface area contributed by atoms with Crippen molar-refractivity contribution < 1.29 is 4.74 Å². The molecule has 0 radical (unpaired) electrons. The lowest BCUT2D eigenvalue weighted by Gasteiger charge is -2.25. The summed E-state index contributed by atoms with van der Waals surface area (Å²) < 4.78 is 5.75. The van der Waals surface area contributed by atoms with Crippen LogP contribution < -0.4 is 4.74 Å². The maximum atomic E-state index is 5.57. The molecule has 1 aromatic carbocycles. The molecule has 1 aromatic rings. The third-order valence-corrected chi connectivity index (χ3v) is 3.82. The largest absolute Gasteiger partial charge is 0.496 e. The van der Waals surface area contributed by atoms with Gasteiger partial charge < -0.3 is 4.74 Å². The molecule has 0 aliphatic carbocycles. The van der Waals surface area contributed by atoms with Gasteiger partial charge in [-0.3, -0.25) is 0 Å². The molecule has 0 heterocycles. The normalized spacial score (nSPS) is 11.7. The summed E-state index contributed by atoms with van der Waals surface area (Å²) in [5.74, 6) is 1.08. The molecule has 1 rings (SSSR count). The van der Waals surface area contributed by atoms with Crippen LogP contribution in [0.1, 0.15) is 49.9 Å². The highest BCUT2D eigenvalue weighted by molar-refractivity contribution is 14.1. The topological polar surface area (TPSA) is 9.23 Å². The quantitative estimate of drug-likeness (QED) is 0.562. The SMILES string of the molecule is CCc1c(C(C)(C)I)cc(C)c(OC)c1CC. The van der Waals surface area contributed by atoms with Gasteiger partial charge in [0.1, 0.15) is 5.75 Å². The molecular formula is C15H23IO. The number of alkyl halides is 1. The lowest BCUT2D eigenvalue weighted by atomic mass is 9.88. The van der Waals surface area contributed by atoms with Gasteiger partial charge in [0.05, 0.1) is 7.11 Å². The Morgan fingerprint density at radius 3 is 2.06 bits per heavy atom. The van der Waals surface area contributed by atoms with Crippen LogP contribution in [0.2, 0.25) is 0 Å². The summed E-state index contributed by atoms with van der Waals surface area (Å²) in [4.78, 5) is 0. The first kappa shape index (κ1) is 14.8. The molecule has 0 aliphatic heterocycles. The van der Waals surface area contributed by atoms with E-state index in [-0.39, 0.29) is 3.42 Å². The van der Waals surface area contributed by atoms with Gasteiger partial charge >= 0.3 is 0 Å². The van der Waals surface area contributed by atoms with Gasteiger partial charge in [0.25, 0.3) is 0 Å². The summed E-state index contributed by atoms with van der Waals surface area (Å²) >= 11 is 2.52. The minimum absolute atomic E-state index is 0.171. The van der Waals surface area contributed by atoms with Crippen molar-refractivity contribution in [2.45, 2.75) is 50.9 Å². The highest BCUT2D eigenvalue weighted by Crippen LogP contribution is 2.39. The number of halogens is 1. The first-order chi connectivity index (χ1) is 7.86. The van der Waals surface area contributed by atoms with Crippen LogP contribution >= 0.6 is 22.6 Å². The minimum Gasteiger partial charge on any atom is -0.496 e. The highest BCUT2D eigenvalue weighted by atomic mass is 127. The molecule has 2 heteroatoms. The Balaban J connectivity index is 3.59. The molecule has 0 bridgehead atoms. The summed E-state index contributed by atoms with van der Waals surface area (Å²) in [6, 6.07) is 2.29. The Labute approximate surface area is 119 Å². The Hall–Kier alpha value is -0.250. The molecule has 96 valence electrons. The van der Waals surface area contributed by atoms with E-state index in [4.69, 9.17) is 4.74 Å². The van der Waals surface area contributed by atoms with Crippen LogP contribution in [0.15, 0.2) is 6.07 Å². The Bertz CT molecular complexity index is 402. The molecule has 1 nitrogen and oxygen atoms in total. The third kappa shape index (κ3) is 2.95.